The Morgan fingerprint density at radius 2 is 2.22 bits per heavy atom. The molecule has 0 aliphatic carbocycles. The van der Waals surface area contributed by atoms with Crippen molar-refractivity contribution in [3.8, 4) is 0 Å². The van der Waals surface area contributed by atoms with Gasteiger partial charge in [-0.05, 0) is 25.4 Å². The molecule has 1 aromatic rings. The van der Waals surface area contributed by atoms with Crippen LogP contribution in [0.5, 0.6) is 0 Å². The zero-order valence-electron chi connectivity index (χ0n) is 10.3. The van der Waals surface area contributed by atoms with Crippen molar-refractivity contribution in [3.63, 3.8) is 0 Å². The van der Waals surface area contributed by atoms with Crippen LogP contribution in [0.1, 0.15) is 12.1 Å². The van der Waals surface area contributed by atoms with Gasteiger partial charge in [0.1, 0.15) is 5.69 Å². The number of nitrogens with two attached hydrogens (primary N) is 1. The molecule has 4 N–H and O–H groups in total. The quantitative estimate of drug-likeness (QED) is 0.292. The van der Waals surface area contributed by atoms with E-state index in [-0.39, 0.29) is 23.1 Å². The normalized spacial score (nSPS) is 10.2. The topological polar surface area (TPSA) is 119 Å². The van der Waals surface area contributed by atoms with Crippen LogP contribution in [0.25, 0.3) is 0 Å². The summed E-state index contributed by atoms with van der Waals surface area (Å²) < 4.78 is 0. The molecule has 0 aliphatic heterocycles. The van der Waals surface area contributed by atoms with E-state index < -0.39 is 4.92 Å². The van der Waals surface area contributed by atoms with Gasteiger partial charge in [-0.15, -0.1) is 0 Å². The Hall–Kier alpha value is -1.61. The van der Waals surface area contributed by atoms with Crippen molar-refractivity contribution in [2.75, 3.05) is 29.3 Å². The van der Waals surface area contributed by atoms with E-state index >= 15 is 0 Å². The van der Waals surface area contributed by atoms with E-state index in [1.807, 2.05) is 6.26 Å². The molecule has 0 spiro atoms. The molecular weight excluding hydrogens is 256 g/mol. The van der Waals surface area contributed by atoms with Crippen LogP contribution in [0, 0.1) is 17.0 Å². The molecule has 0 saturated carbocycles. The molecular formula is C9H16N6O2S. The first-order valence-electron chi connectivity index (χ1n) is 5.32. The smallest absolute Gasteiger partial charge is 0.332 e. The van der Waals surface area contributed by atoms with Crippen molar-refractivity contribution in [2.24, 2.45) is 5.84 Å². The minimum Gasteiger partial charge on any atom is -0.364 e. The number of nitro groups is 1. The van der Waals surface area contributed by atoms with Crippen LogP contribution in [-0.2, 0) is 0 Å². The number of nitrogens with one attached hydrogen (secondary N) is 2. The summed E-state index contributed by atoms with van der Waals surface area (Å²) in [4.78, 5) is 18.3. The second-order valence-electron chi connectivity index (χ2n) is 3.50. The molecule has 1 aromatic heterocycles. The van der Waals surface area contributed by atoms with Crippen LogP contribution < -0.4 is 16.6 Å². The Balaban J connectivity index is 2.91. The fourth-order valence-corrected chi connectivity index (χ4v) is 1.83. The lowest BCUT2D eigenvalue weighted by molar-refractivity contribution is -0.385. The van der Waals surface area contributed by atoms with Crippen molar-refractivity contribution in [2.45, 2.75) is 13.3 Å². The molecule has 18 heavy (non-hydrogen) atoms. The van der Waals surface area contributed by atoms with E-state index in [0.29, 0.717) is 6.54 Å². The maximum Gasteiger partial charge on any atom is 0.332 e. The van der Waals surface area contributed by atoms with Crippen molar-refractivity contribution >= 4 is 29.2 Å². The van der Waals surface area contributed by atoms with Crippen LogP contribution in [-0.4, -0.2) is 33.4 Å². The first-order chi connectivity index (χ1) is 8.60. The molecule has 0 amide bonds. The van der Waals surface area contributed by atoms with Crippen molar-refractivity contribution < 1.29 is 4.92 Å². The number of aryl methyl sites for hydroxylation is 1. The summed E-state index contributed by atoms with van der Waals surface area (Å²) in [5.74, 6) is 6.55. The van der Waals surface area contributed by atoms with Gasteiger partial charge in [-0.1, -0.05) is 0 Å². The van der Waals surface area contributed by atoms with Gasteiger partial charge in [-0.3, -0.25) is 15.5 Å². The minimum atomic E-state index is -0.494. The molecule has 0 bridgehead atoms. The molecule has 0 fully saturated rings. The molecule has 0 unspecified atom stereocenters. The Kier molecular flexibility index (Phi) is 5.59. The highest BCUT2D eigenvalue weighted by Crippen LogP contribution is 2.26. The van der Waals surface area contributed by atoms with Gasteiger partial charge in [0.15, 0.2) is 0 Å². The van der Waals surface area contributed by atoms with E-state index in [4.69, 9.17) is 5.84 Å². The fraction of sp³-hybridized carbons (Fsp3) is 0.556. The summed E-state index contributed by atoms with van der Waals surface area (Å²) in [5, 5.41) is 13.9. The number of aromatic nitrogens is 2. The number of nitrogen functional groups attached to an aromatic ring is 1. The highest BCUT2D eigenvalue weighted by Gasteiger charge is 2.21. The lowest BCUT2D eigenvalue weighted by Gasteiger charge is -2.08. The number of anilines is 2. The minimum absolute atomic E-state index is 0.113. The Labute approximate surface area is 109 Å². The third-order valence-corrected chi connectivity index (χ3v) is 2.88. The SMILES string of the molecule is CSCCCNc1nc(NN)nc(C)c1[N+](=O)[O-]. The van der Waals surface area contributed by atoms with Gasteiger partial charge in [0.05, 0.1) is 4.92 Å². The van der Waals surface area contributed by atoms with Crippen LogP contribution in [0.15, 0.2) is 0 Å². The first-order valence-corrected chi connectivity index (χ1v) is 6.72. The zero-order chi connectivity index (χ0) is 13.5. The number of hydrogen-bond donors (Lipinski definition) is 3. The number of hydrazine groups is 1. The lowest BCUT2D eigenvalue weighted by atomic mass is 10.3. The van der Waals surface area contributed by atoms with Gasteiger partial charge in [0, 0.05) is 6.54 Å². The molecule has 1 heterocycles. The van der Waals surface area contributed by atoms with Gasteiger partial charge in [0.25, 0.3) is 0 Å². The Morgan fingerprint density at radius 3 is 2.78 bits per heavy atom. The third-order valence-electron chi connectivity index (χ3n) is 2.19. The van der Waals surface area contributed by atoms with E-state index in [9.17, 15) is 10.1 Å². The predicted octanol–water partition coefficient (Wildman–Crippen LogP) is 1.14. The summed E-state index contributed by atoms with van der Waals surface area (Å²) >= 11 is 1.72. The molecule has 100 valence electrons. The number of nitrogens with zero attached hydrogens (tertiary/aromatic N) is 3. The van der Waals surface area contributed by atoms with E-state index in [1.165, 1.54) is 0 Å². The van der Waals surface area contributed by atoms with Crippen LogP contribution in [0.3, 0.4) is 0 Å². The van der Waals surface area contributed by atoms with Crippen LogP contribution >= 0.6 is 11.8 Å². The van der Waals surface area contributed by atoms with Gasteiger partial charge < -0.3 is 5.32 Å². The molecule has 0 aliphatic rings. The average Bonchev–Trinajstić information content (AvgIpc) is 2.33. The lowest BCUT2D eigenvalue weighted by Crippen LogP contribution is -2.15. The molecule has 9 heteroatoms. The highest BCUT2D eigenvalue weighted by atomic mass is 32.2. The van der Waals surface area contributed by atoms with Crippen molar-refractivity contribution in [1.29, 1.82) is 0 Å². The fourth-order valence-electron chi connectivity index (χ4n) is 1.40. The monoisotopic (exact) mass is 272 g/mol. The van der Waals surface area contributed by atoms with Crippen molar-refractivity contribution in [1.82, 2.24) is 9.97 Å². The first kappa shape index (κ1) is 14.5. The summed E-state index contributed by atoms with van der Waals surface area (Å²) in [6.07, 6.45) is 2.90. The maximum atomic E-state index is 11.0. The Morgan fingerprint density at radius 1 is 1.50 bits per heavy atom. The van der Waals surface area contributed by atoms with E-state index in [0.717, 1.165) is 12.2 Å². The molecule has 0 atom stereocenters. The standard InChI is InChI=1S/C9H16N6O2S/c1-6-7(15(16)17)8(11-4-3-5-18-2)13-9(12-6)14-10/h3-5,10H2,1-2H3,(H2,11,12,13,14). The summed E-state index contributed by atoms with van der Waals surface area (Å²) in [6, 6.07) is 0. The molecule has 0 radical (unpaired) electrons. The summed E-state index contributed by atoms with van der Waals surface area (Å²) in [7, 11) is 0. The van der Waals surface area contributed by atoms with Crippen molar-refractivity contribution in [3.05, 3.63) is 15.8 Å². The predicted molar refractivity (Wildman–Crippen MR) is 72.7 cm³/mol. The zero-order valence-corrected chi connectivity index (χ0v) is 11.1. The molecule has 1 rings (SSSR count). The average molecular weight is 272 g/mol. The van der Waals surface area contributed by atoms with Crippen LogP contribution in [0.4, 0.5) is 17.5 Å². The number of rotatable bonds is 7. The number of thioether (sulfide) groups is 1. The Bertz CT molecular complexity index is 428. The largest absolute Gasteiger partial charge is 0.364 e. The molecule has 0 saturated heterocycles. The second kappa shape index (κ2) is 6.97. The van der Waals surface area contributed by atoms with Gasteiger partial charge in [-0.25, -0.2) is 10.8 Å². The van der Waals surface area contributed by atoms with E-state index in [2.05, 4.69) is 20.7 Å². The van der Waals surface area contributed by atoms with Crippen LogP contribution in [0.2, 0.25) is 0 Å². The van der Waals surface area contributed by atoms with Gasteiger partial charge in [-0.2, -0.15) is 16.7 Å². The van der Waals surface area contributed by atoms with E-state index in [1.54, 1.807) is 18.7 Å². The second-order valence-corrected chi connectivity index (χ2v) is 4.49. The number of hydrogen-bond acceptors (Lipinski definition) is 8. The molecule has 0 aromatic carbocycles. The van der Waals surface area contributed by atoms with Gasteiger partial charge in [0.2, 0.25) is 11.8 Å². The summed E-state index contributed by atoms with van der Waals surface area (Å²) in [6.45, 7) is 2.16. The third kappa shape index (κ3) is 3.70. The molecule has 8 nitrogen and oxygen atoms in total. The van der Waals surface area contributed by atoms with Gasteiger partial charge >= 0.3 is 5.69 Å². The summed E-state index contributed by atoms with van der Waals surface area (Å²) in [5.41, 5.74) is 2.45. The highest BCUT2D eigenvalue weighted by molar-refractivity contribution is 7.98. The maximum absolute atomic E-state index is 11.0.